The largest absolute Gasteiger partial charge is 0.346 e. The van der Waals surface area contributed by atoms with E-state index >= 15 is 0 Å². The molecule has 12 heteroatoms. The average Bonchev–Trinajstić information content (AvgIpc) is 3.62. The lowest BCUT2D eigenvalue weighted by molar-refractivity contribution is -0.0399. The minimum absolute atomic E-state index is 0.0834. The third-order valence-electron chi connectivity index (χ3n) is 7.61. The highest BCUT2D eigenvalue weighted by atomic mass is 32.1. The van der Waals surface area contributed by atoms with Crippen molar-refractivity contribution in [2.75, 3.05) is 31.5 Å². The van der Waals surface area contributed by atoms with E-state index in [9.17, 15) is 10.1 Å². The minimum Gasteiger partial charge on any atom is -0.346 e. The summed E-state index contributed by atoms with van der Waals surface area (Å²) in [5.41, 5.74) is 3.13. The van der Waals surface area contributed by atoms with Crippen molar-refractivity contribution in [1.29, 1.82) is 5.26 Å². The quantitative estimate of drug-likeness (QED) is 0.415. The number of hydrogen-bond donors (Lipinski definition) is 2. The zero-order chi connectivity index (χ0) is 25.6. The number of aryl methyl sites for hydroxylation is 2. The maximum absolute atomic E-state index is 12.7. The summed E-state index contributed by atoms with van der Waals surface area (Å²) in [7, 11) is 0. The number of piperidine rings is 1. The van der Waals surface area contributed by atoms with Crippen LogP contribution in [-0.2, 0) is 5.54 Å². The van der Waals surface area contributed by atoms with Gasteiger partial charge in [-0.05, 0) is 32.8 Å². The van der Waals surface area contributed by atoms with Crippen molar-refractivity contribution in [2.24, 2.45) is 0 Å². The molecule has 37 heavy (non-hydrogen) atoms. The van der Waals surface area contributed by atoms with E-state index < -0.39 is 0 Å². The maximum atomic E-state index is 12.7. The molecule has 0 aromatic carbocycles. The fourth-order valence-corrected chi connectivity index (χ4v) is 6.19. The number of urea groups is 1. The molecule has 6 heterocycles. The molecule has 2 N–H and O–H groups in total. The van der Waals surface area contributed by atoms with E-state index in [2.05, 4.69) is 41.3 Å². The zero-order valence-electron chi connectivity index (χ0n) is 20.8. The van der Waals surface area contributed by atoms with Gasteiger partial charge in [0.25, 0.3) is 0 Å². The second kappa shape index (κ2) is 9.24. The Kier molecular flexibility index (Phi) is 5.89. The molecule has 0 saturated carbocycles. The van der Waals surface area contributed by atoms with Gasteiger partial charge in [-0.15, -0.1) is 11.3 Å². The monoisotopic (exact) mass is 516 g/mol. The number of carbonyl (C=O) groups excluding carboxylic acids is 1. The van der Waals surface area contributed by atoms with Gasteiger partial charge >= 0.3 is 6.03 Å². The number of amides is 2. The van der Waals surface area contributed by atoms with Gasteiger partial charge in [-0.3, -0.25) is 14.9 Å². The smallest absolute Gasteiger partial charge is 0.323 e. The van der Waals surface area contributed by atoms with Crippen LogP contribution in [0.25, 0.3) is 22.3 Å². The first-order chi connectivity index (χ1) is 18.0. The number of nitrogens with zero attached hydrogens (tertiary/aromatic N) is 8. The fraction of sp³-hybridized carbons (Fsp3) is 0.440. The van der Waals surface area contributed by atoms with Crippen molar-refractivity contribution in [2.45, 2.75) is 44.7 Å². The number of hydrogen-bond acceptors (Lipinski definition) is 8. The third kappa shape index (κ3) is 4.24. The van der Waals surface area contributed by atoms with Gasteiger partial charge in [0, 0.05) is 60.4 Å². The van der Waals surface area contributed by atoms with Gasteiger partial charge in [0.2, 0.25) is 0 Å². The lowest BCUT2D eigenvalue weighted by Gasteiger charge is -2.53. The molecule has 2 aliphatic heterocycles. The van der Waals surface area contributed by atoms with Crippen molar-refractivity contribution < 1.29 is 4.79 Å². The summed E-state index contributed by atoms with van der Waals surface area (Å²) < 4.78 is 1.95. The molecule has 0 atom stereocenters. The Morgan fingerprint density at radius 1 is 1.30 bits per heavy atom. The van der Waals surface area contributed by atoms with E-state index in [4.69, 9.17) is 0 Å². The molecule has 0 bridgehead atoms. The molecule has 2 saturated heterocycles. The van der Waals surface area contributed by atoms with Crippen LogP contribution < -0.4 is 5.32 Å². The first kappa shape index (κ1) is 23.6. The summed E-state index contributed by atoms with van der Waals surface area (Å²) >= 11 is 1.51. The summed E-state index contributed by atoms with van der Waals surface area (Å²) in [5.74, 6) is 0. The molecule has 190 valence electrons. The Morgan fingerprint density at radius 3 is 2.84 bits per heavy atom. The first-order valence-electron chi connectivity index (χ1n) is 12.4. The van der Waals surface area contributed by atoms with Crippen molar-refractivity contribution in [3.05, 3.63) is 41.6 Å². The number of carbonyl (C=O) groups is 1. The van der Waals surface area contributed by atoms with Crippen molar-refractivity contribution in [3.8, 4) is 17.3 Å². The van der Waals surface area contributed by atoms with Crippen molar-refractivity contribution >= 4 is 33.5 Å². The van der Waals surface area contributed by atoms with E-state index in [0.29, 0.717) is 30.7 Å². The molecule has 2 amide bonds. The fourth-order valence-electron chi connectivity index (χ4n) is 5.39. The number of anilines is 1. The van der Waals surface area contributed by atoms with Gasteiger partial charge in [-0.2, -0.15) is 10.4 Å². The number of nitriles is 1. The number of thiazole rings is 1. The van der Waals surface area contributed by atoms with Crippen molar-refractivity contribution in [3.63, 3.8) is 0 Å². The molecular weight excluding hydrogens is 488 g/mol. The van der Waals surface area contributed by atoms with Crippen LogP contribution in [0.15, 0.2) is 31.0 Å². The molecular formula is C25H28N10OS. The van der Waals surface area contributed by atoms with Crippen LogP contribution in [0, 0.1) is 25.2 Å². The van der Waals surface area contributed by atoms with Gasteiger partial charge in [-0.25, -0.2) is 19.7 Å². The number of nitrogens with one attached hydrogen (secondary N) is 2. The normalized spacial score (nSPS) is 18.0. The summed E-state index contributed by atoms with van der Waals surface area (Å²) in [6.45, 7) is 6.89. The molecule has 2 aliphatic rings. The SMILES string of the molecule is Cc1nc(NC(=O)N2CCC(N3CC(CC#N)(n4cc(-c5ncnc6[nH]ccc56)cn4)C3)CC2)sc1C. The van der Waals surface area contributed by atoms with E-state index in [0.717, 1.165) is 58.8 Å². The van der Waals surface area contributed by atoms with Gasteiger partial charge in [0.1, 0.15) is 17.5 Å². The van der Waals surface area contributed by atoms with Gasteiger partial charge < -0.3 is 9.88 Å². The second-order valence-corrected chi connectivity index (χ2v) is 11.1. The predicted octanol–water partition coefficient (Wildman–Crippen LogP) is 3.52. The van der Waals surface area contributed by atoms with Crippen LogP contribution in [0.4, 0.5) is 9.93 Å². The van der Waals surface area contributed by atoms with E-state index in [1.54, 1.807) is 6.33 Å². The highest BCUT2D eigenvalue weighted by molar-refractivity contribution is 7.15. The summed E-state index contributed by atoms with van der Waals surface area (Å²) in [5, 5.41) is 18.8. The molecule has 0 radical (unpaired) electrons. The van der Waals surface area contributed by atoms with Gasteiger partial charge in [0.05, 0.1) is 30.1 Å². The van der Waals surface area contributed by atoms with Gasteiger partial charge in [0.15, 0.2) is 5.13 Å². The van der Waals surface area contributed by atoms with Crippen LogP contribution in [0.5, 0.6) is 0 Å². The minimum atomic E-state index is -0.355. The summed E-state index contributed by atoms with van der Waals surface area (Å²) in [6, 6.07) is 4.64. The average molecular weight is 517 g/mol. The van der Waals surface area contributed by atoms with E-state index in [1.165, 1.54) is 11.3 Å². The zero-order valence-corrected chi connectivity index (χ0v) is 21.6. The Balaban J connectivity index is 1.09. The number of aromatic nitrogens is 6. The topological polar surface area (TPSA) is 132 Å². The number of aromatic amines is 1. The van der Waals surface area contributed by atoms with Crippen LogP contribution in [0.3, 0.4) is 0 Å². The standard InChI is InChI=1S/C25H28N10OS/c1-16-17(2)37-23(31-16)32-24(36)33-9-4-19(5-10-33)34-13-25(14-34,6-7-26)35-12-18(11-30-35)21-20-3-8-27-22(20)29-15-28-21/h3,8,11-12,15,19H,4-6,9-10,13-14H2,1-2H3,(H,27,28,29)(H,31,32,36). The molecule has 0 unspecified atom stereocenters. The Labute approximate surface area is 218 Å². The predicted molar refractivity (Wildman–Crippen MR) is 140 cm³/mol. The Hall–Kier alpha value is -3.82. The number of rotatable bonds is 5. The third-order valence-corrected chi connectivity index (χ3v) is 8.60. The highest BCUT2D eigenvalue weighted by Gasteiger charge is 2.48. The molecule has 6 rings (SSSR count). The Bertz CT molecular complexity index is 1460. The first-order valence-corrected chi connectivity index (χ1v) is 13.2. The van der Waals surface area contributed by atoms with Crippen molar-refractivity contribution in [1.82, 2.24) is 39.5 Å². The van der Waals surface area contributed by atoms with E-state index in [-0.39, 0.29) is 11.6 Å². The summed E-state index contributed by atoms with van der Waals surface area (Å²) in [6.07, 6.45) is 9.42. The van der Waals surface area contributed by atoms with Gasteiger partial charge in [-0.1, -0.05) is 0 Å². The van der Waals surface area contributed by atoms with Crippen LogP contribution in [0.1, 0.15) is 29.8 Å². The molecule has 0 spiro atoms. The molecule has 11 nitrogen and oxygen atoms in total. The number of likely N-dealkylation sites (tertiary alicyclic amines) is 2. The van der Waals surface area contributed by atoms with Crippen LogP contribution in [-0.4, -0.2) is 77.8 Å². The summed E-state index contributed by atoms with van der Waals surface area (Å²) in [4.78, 5) is 34.4. The van der Waals surface area contributed by atoms with Crippen LogP contribution in [0.2, 0.25) is 0 Å². The second-order valence-electron chi connectivity index (χ2n) is 9.91. The molecule has 4 aromatic heterocycles. The lowest BCUT2D eigenvalue weighted by atomic mass is 9.84. The molecule has 2 fully saturated rings. The highest BCUT2D eigenvalue weighted by Crippen LogP contribution is 2.37. The van der Waals surface area contributed by atoms with Crippen LogP contribution >= 0.6 is 11.3 Å². The number of fused-ring (bicyclic) bond motifs is 1. The maximum Gasteiger partial charge on any atom is 0.323 e. The van der Waals surface area contributed by atoms with E-state index in [1.807, 2.05) is 48.1 Å². The molecule has 4 aromatic rings. The molecule has 0 aliphatic carbocycles. The Morgan fingerprint density at radius 2 is 2.11 bits per heavy atom. The lowest BCUT2D eigenvalue weighted by Crippen LogP contribution is -2.66. The number of H-pyrrole nitrogens is 1.